The molecule has 0 unspecified atom stereocenters. The van der Waals surface area contributed by atoms with E-state index in [0.717, 1.165) is 5.69 Å². The molecule has 18 heavy (non-hydrogen) atoms. The quantitative estimate of drug-likeness (QED) is 0.608. The Labute approximate surface area is 106 Å². The summed E-state index contributed by atoms with van der Waals surface area (Å²) in [6.07, 6.45) is 0. The molecular weight excluding hydrogens is 252 g/mol. The number of para-hydroxylation sites is 1. The zero-order chi connectivity index (χ0) is 12.2. The highest BCUT2D eigenvalue weighted by molar-refractivity contribution is 7.98. The summed E-state index contributed by atoms with van der Waals surface area (Å²) in [5.74, 6) is 1.09. The maximum absolute atomic E-state index is 3.96. The van der Waals surface area contributed by atoms with Gasteiger partial charge in [0.25, 0.3) is 0 Å². The van der Waals surface area contributed by atoms with Gasteiger partial charge in [0.05, 0.1) is 5.69 Å². The van der Waals surface area contributed by atoms with E-state index in [1.165, 1.54) is 11.8 Å². The van der Waals surface area contributed by atoms with Gasteiger partial charge in [-0.15, -0.1) is 5.10 Å². The van der Waals surface area contributed by atoms with Crippen molar-refractivity contribution in [1.29, 1.82) is 0 Å². The van der Waals surface area contributed by atoms with Crippen LogP contribution in [0.4, 0.5) is 0 Å². The molecule has 1 aromatic carbocycles. The lowest BCUT2D eigenvalue weighted by atomic mass is 10.3. The van der Waals surface area contributed by atoms with Crippen LogP contribution in [0.15, 0.2) is 35.5 Å². The predicted molar refractivity (Wildman–Crippen MR) is 61.9 cm³/mol. The second kappa shape index (κ2) is 4.92. The molecule has 9 heteroatoms. The lowest BCUT2D eigenvalue weighted by molar-refractivity contribution is 0.756. The Balaban J connectivity index is 1.80. The van der Waals surface area contributed by atoms with E-state index in [-0.39, 0.29) is 0 Å². The van der Waals surface area contributed by atoms with Crippen molar-refractivity contribution in [1.82, 2.24) is 40.8 Å². The van der Waals surface area contributed by atoms with Crippen molar-refractivity contribution in [3.63, 3.8) is 0 Å². The molecule has 0 bridgehead atoms. The van der Waals surface area contributed by atoms with Gasteiger partial charge >= 0.3 is 0 Å². The van der Waals surface area contributed by atoms with Gasteiger partial charge in [0, 0.05) is 11.6 Å². The number of nitrogens with zero attached hydrogens (tertiary/aromatic N) is 8. The number of hydrogen-bond acceptors (Lipinski definition) is 7. The molecule has 3 rings (SSSR count). The van der Waals surface area contributed by atoms with E-state index < -0.39 is 0 Å². The molecule has 0 radical (unpaired) electrons. The van der Waals surface area contributed by atoms with E-state index in [0.29, 0.717) is 16.7 Å². The average Bonchev–Trinajstić information content (AvgIpc) is 3.09. The highest BCUT2D eigenvalue weighted by Gasteiger charge is 2.08. The lowest BCUT2D eigenvalue weighted by Gasteiger charge is -2.03. The summed E-state index contributed by atoms with van der Waals surface area (Å²) in [5.41, 5.74) is 0.907. The van der Waals surface area contributed by atoms with Crippen molar-refractivity contribution in [2.24, 2.45) is 0 Å². The molecule has 2 heterocycles. The Hall–Kier alpha value is -2.29. The van der Waals surface area contributed by atoms with E-state index >= 15 is 0 Å². The summed E-state index contributed by atoms with van der Waals surface area (Å²) in [5, 5.41) is 26.6. The van der Waals surface area contributed by atoms with Crippen molar-refractivity contribution in [2.75, 3.05) is 0 Å². The molecule has 3 aromatic rings. The Morgan fingerprint density at radius 3 is 2.78 bits per heavy atom. The minimum Gasteiger partial charge on any atom is -0.335 e. The second-order valence-corrected chi connectivity index (χ2v) is 4.24. The summed E-state index contributed by atoms with van der Waals surface area (Å²) in [6, 6.07) is 9.67. The monoisotopic (exact) mass is 259 g/mol. The fraction of sp³-hybridized carbons (Fsp3) is 0.111. The van der Waals surface area contributed by atoms with Crippen LogP contribution in [0.5, 0.6) is 0 Å². The van der Waals surface area contributed by atoms with Gasteiger partial charge in [-0.05, 0) is 22.6 Å². The predicted octanol–water partition coefficient (Wildman–Crippen LogP) is 0.0968. The van der Waals surface area contributed by atoms with Crippen molar-refractivity contribution in [2.45, 2.75) is 10.9 Å². The zero-order valence-corrected chi connectivity index (χ0v) is 9.90. The van der Waals surface area contributed by atoms with Gasteiger partial charge in [-0.2, -0.15) is 9.90 Å². The minimum atomic E-state index is 0.528. The first-order valence-corrected chi connectivity index (χ1v) is 6.06. The van der Waals surface area contributed by atoms with Gasteiger partial charge in [-0.3, -0.25) is 10.3 Å². The summed E-state index contributed by atoms with van der Waals surface area (Å²) in [7, 11) is 0. The van der Waals surface area contributed by atoms with Gasteiger partial charge in [0.2, 0.25) is 5.16 Å². The van der Waals surface area contributed by atoms with Gasteiger partial charge in [-0.25, -0.2) is 0 Å². The third-order valence-corrected chi connectivity index (χ3v) is 3.05. The van der Waals surface area contributed by atoms with E-state index in [4.69, 9.17) is 0 Å². The molecule has 0 saturated carbocycles. The summed E-state index contributed by atoms with van der Waals surface area (Å²) >= 11 is 1.43. The molecule has 90 valence electrons. The molecule has 0 atom stereocenters. The lowest BCUT2D eigenvalue weighted by Crippen LogP contribution is -1.99. The maximum atomic E-state index is 3.96. The van der Waals surface area contributed by atoms with Crippen LogP contribution < -0.4 is 5.10 Å². The fourth-order valence-corrected chi connectivity index (χ4v) is 2.08. The first kappa shape index (κ1) is 10.8. The Morgan fingerprint density at radius 2 is 2.00 bits per heavy atom. The van der Waals surface area contributed by atoms with E-state index in [1.807, 2.05) is 30.3 Å². The molecule has 0 saturated heterocycles. The van der Waals surface area contributed by atoms with Gasteiger partial charge in [0.15, 0.2) is 0 Å². The zero-order valence-electron chi connectivity index (χ0n) is 9.08. The van der Waals surface area contributed by atoms with Crippen LogP contribution in [0.25, 0.3) is 5.69 Å². The van der Waals surface area contributed by atoms with Crippen LogP contribution >= 0.6 is 11.8 Å². The van der Waals surface area contributed by atoms with Crippen LogP contribution in [0.1, 0.15) is 5.82 Å². The second-order valence-electron chi connectivity index (χ2n) is 3.29. The molecule has 0 aliphatic heterocycles. The van der Waals surface area contributed by atoms with Crippen LogP contribution in [0, 0.1) is 0 Å². The van der Waals surface area contributed by atoms with Crippen molar-refractivity contribution in [3.8, 4) is 5.69 Å². The van der Waals surface area contributed by atoms with Crippen LogP contribution in [0.2, 0.25) is 0 Å². The molecule has 8 nitrogen and oxygen atoms in total. The molecule has 2 aromatic heterocycles. The highest BCUT2D eigenvalue weighted by Crippen LogP contribution is 2.20. The SMILES string of the molecule is c1ccc(-n2nnnc2SCc2nnn[n-]2)cc1. The van der Waals surface area contributed by atoms with Crippen molar-refractivity contribution < 1.29 is 0 Å². The number of hydrogen-bond donors (Lipinski definition) is 0. The number of rotatable bonds is 4. The Morgan fingerprint density at radius 1 is 1.11 bits per heavy atom. The third kappa shape index (κ3) is 2.20. The van der Waals surface area contributed by atoms with Crippen LogP contribution in [0.3, 0.4) is 0 Å². The van der Waals surface area contributed by atoms with E-state index in [1.54, 1.807) is 4.68 Å². The highest BCUT2D eigenvalue weighted by atomic mass is 32.2. The minimum absolute atomic E-state index is 0.528. The Kier molecular flexibility index (Phi) is 2.96. The number of thioether (sulfide) groups is 1. The van der Waals surface area contributed by atoms with Gasteiger partial charge in [-0.1, -0.05) is 30.0 Å². The fourth-order valence-electron chi connectivity index (χ4n) is 1.35. The molecule has 0 fully saturated rings. The normalized spacial score (nSPS) is 10.7. The maximum Gasteiger partial charge on any atom is 0.214 e. The van der Waals surface area contributed by atoms with Gasteiger partial charge in [0.1, 0.15) is 0 Å². The third-order valence-electron chi connectivity index (χ3n) is 2.13. The largest absolute Gasteiger partial charge is 0.335 e. The average molecular weight is 259 g/mol. The topological polar surface area (TPSA) is 96.4 Å². The first-order chi connectivity index (χ1) is 8.93. The van der Waals surface area contributed by atoms with Gasteiger partial charge < -0.3 is 5.10 Å². The molecule has 0 amide bonds. The number of benzene rings is 1. The molecule has 0 aliphatic carbocycles. The molecule has 0 aliphatic rings. The molecule has 0 N–H and O–H groups in total. The standard InChI is InChI=1S/C9H7N8S/c1-2-4-7(5-3-1)17-9(12-15-16-17)18-6-8-10-13-14-11-8/h1-5H,6H2/q-1. The summed E-state index contributed by atoms with van der Waals surface area (Å²) in [6.45, 7) is 0. The molecule has 0 spiro atoms. The van der Waals surface area contributed by atoms with E-state index in [9.17, 15) is 0 Å². The number of aromatic nitrogens is 8. The smallest absolute Gasteiger partial charge is 0.214 e. The molecular formula is C9H7N8S-. The summed E-state index contributed by atoms with van der Waals surface area (Å²) in [4.78, 5) is 0. The van der Waals surface area contributed by atoms with Crippen LogP contribution in [-0.2, 0) is 5.75 Å². The van der Waals surface area contributed by atoms with E-state index in [2.05, 4.69) is 36.1 Å². The van der Waals surface area contributed by atoms with Crippen molar-refractivity contribution in [3.05, 3.63) is 36.2 Å². The van der Waals surface area contributed by atoms with Crippen LogP contribution in [-0.4, -0.2) is 35.7 Å². The number of tetrazole rings is 2. The van der Waals surface area contributed by atoms with Crippen molar-refractivity contribution >= 4 is 11.8 Å². The summed E-state index contributed by atoms with van der Waals surface area (Å²) < 4.78 is 1.66. The first-order valence-electron chi connectivity index (χ1n) is 5.08. The Bertz CT molecular complexity index is 605.